The zero-order valence-electron chi connectivity index (χ0n) is 17.7. The van der Waals surface area contributed by atoms with E-state index in [9.17, 15) is 9.59 Å². The molecule has 1 fully saturated rings. The molecule has 0 bridgehead atoms. The van der Waals surface area contributed by atoms with Crippen molar-refractivity contribution in [2.45, 2.75) is 45.3 Å². The smallest absolute Gasteiger partial charge is 0.415 e. The number of aromatic amines is 1. The second-order valence-electron chi connectivity index (χ2n) is 8.21. The number of H-pyrrole nitrogens is 1. The number of aromatic nitrogens is 2. The maximum Gasteiger partial charge on any atom is 0.415 e. The van der Waals surface area contributed by atoms with E-state index in [0.29, 0.717) is 34.0 Å². The SMILES string of the molecule is COCC(=O)Nc1c[nH]c2ncc(Cl)c(N(C(=O)OC(C)(C)C)[C@@H]3CCCNC3)c12. The van der Waals surface area contributed by atoms with Crippen LogP contribution in [0.2, 0.25) is 5.02 Å². The van der Waals surface area contributed by atoms with Crippen molar-refractivity contribution >= 4 is 46.0 Å². The van der Waals surface area contributed by atoms with E-state index in [1.54, 1.807) is 11.1 Å². The molecule has 0 radical (unpaired) electrons. The summed E-state index contributed by atoms with van der Waals surface area (Å²) < 4.78 is 10.6. The first-order valence-electron chi connectivity index (χ1n) is 9.88. The van der Waals surface area contributed by atoms with Gasteiger partial charge in [-0.2, -0.15) is 0 Å². The van der Waals surface area contributed by atoms with Gasteiger partial charge in [0.05, 0.1) is 34.0 Å². The van der Waals surface area contributed by atoms with Gasteiger partial charge in [-0.05, 0) is 40.2 Å². The Morgan fingerprint density at radius 2 is 2.17 bits per heavy atom. The van der Waals surface area contributed by atoms with Crippen molar-refractivity contribution in [2.75, 3.05) is 37.0 Å². The molecule has 9 nitrogen and oxygen atoms in total. The molecular formula is C20H28ClN5O4. The van der Waals surface area contributed by atoms with Gasteiger partial charge in [-0.15, -0.1) is 0 Å². The highest BCUT2D eigenvalue weighted by molar-refractivity contribution is 6.36. The van der Waals surface area contributed by atoms with Crippen LogP contribution in [0.15, 0.2) is 12.4 Å². The van der Waals surface area contributed by atoms with Gasteiger partial charge in [-0.3, -0.25) is 9.69 Å². The molecule has 0 saturated carbocycles. The summed E-state index contributed by atoms with van der Waals surface area (Å²) >= 11 is 6.58. The summed E-state index contributed by atoms with van der Waals surface area (Å²) in [5.41, 5.74) is 0.747. The van der Waals surface area contributed by atoms with Crippen LogP contribution in [-0.4, -0.2) is 60.4 Å². The van der Waals surface area contributed by atoms with E-state index < -0.39 is 11.7 Å². The van der Waals surface area contributed by atoms with E-state index in [0.717, 1.165) is 19.4 Å². The number of hydrogen-bond acceptors (Lipinski definition) is 6. The number of carbonyl (C=O) groups is 2. The lowest BCUT2D eigenvalue weighted by molar-refractivity contribution is -0.119. The Kier molecular flexibility index (Phi) is 6.84. The van der Waals surface area contributed by atoms with Crippen molar-refractivity contribution in [2.24, 2.45) is 0 Å². The molecule has 10 heteroatoms. The van der Waals surface area contributed by atoms with Crippen LogP contribution in [0.25, 0.3) is 11.0 Å². The minimum Gasteiger partial charge on any atom is -0.443 e. The van der Waals surface area contributed by atoms with Gasteiger partial charge >= 0.3 is 6.09 Å². The third kappa shape index (κ3) is 5.03. The van der Waals surface area contributed by atoms with E-state index in [1.807, 2.05) is 20.8 Å². The summed E-state index contributed by atoms with van der Waals surface area (Å²) in [4.78, 5) is 34.3. The van der Waals surface area contributed by atoms with Gasteiger partial charge in [-0.1, -0.05) is 11.6 Å². The standard InChI is InChI=1S/C20H28ClN5O4/c1-20(2,3)30-19(28)26(12-6-5-7-22-8-12)17-13(21)9-23-18-16(17)14(10-24-18)25-15(27)11-29-4/h9-10,12,22H,5-8,11H2,1-4H3,(H,23,24)(H,25,27)/t12-/m1/s1. The van der Waals surface area contributed by atoms with Gasteiger partial charge in [0, 0.05) is 19.9 Å². The fourth-order valence-corrected chi connectivity index (χ4v) is 3.73. The molecule has 1 aliphatic rings. The number of amides is 2. The zero-order chi connectivity index (χ0) is 21.9. The normalized spacial score (nSPS) is 17.0. The van der Waals surface area contributed by atoms with Gasteiger partial charge in [0.1, 0.15) is 17.9 Å². The number of nitrogens with one attached hydrogen (secondary N) is 3. The number of piperidine rings is 1. The molecule has 3 heterocycles. The number of rotatable bonds is 5. The first kappa shape index (κ1) is 22.3. The maximum atomic E-state index is 13.3. The van der Waals surface area contributed by atoms with Crippen LogP contribution in [0.3, 0.4) is 0 Å². The maximum absolute atomic E-state index is 13.3. The van der Waals surface area contributed by atoms with Crippen molar-refractivity contribution in [1.82, 2.24) is 15.3 Å². The number of fused-ring (bicyclic) bond motifs is 1. The number of pyridine rings is 1. The molecule has 0 unspecified atom stereocenters. The number of ether oxygens (including phenoxy) is 2. The lowest BCUT2D eigenvalue weighted by atomic mass is 10.0. The Balaban J connectivity index is 2.12. The lowest BCUT2D eigenvalue weighted by Gasteiger charge is -2.36. The third-order valence-corrected chi connectivity index (χ3v) is 4.92. The van der Waals surface area contributed by atoms with E-state index in [4.69, 9.17) is 21.1 Å². The van der Waals surface area contributed by atoms with Gasteiger partial charge in [-0.25, -0.2) is 9.78 Å². The molecule has 2 aromatic heterocycles. The van der Waals surface area contributed by atoms with E-state index in [1.165, 1.54) is 13.3 Å². The quantitative estimate of drug-likeness (QED) is 0.662. The summed E-state index contributed by atoms with van der Waals surface area (Å²) in [5.74, 6) is -0.326. The number of methoxy groups -OCH3 is 1. The van der Waals surface area contributed by atoms with Crippen LogP contribution in [-0.2, 0) is 14.3 Å². The molecule has 0 aromatic carbocycles. The van der Waals surface area contributed by atoms with Crippen LogP contribution in [0, 0.1) is 0 Å². The van der Waals surface area contributed by atoms with Crippen molar-refractivity contribution < 1.29 is 19.1 Å². The summed E-state index contributed by atoms with van der Waals surface area (Å²) in [6.07, 6.45) is 4.32. The van der Waals surface area contributed by atoms with Crippen molar-refractivity contribution in [3.05, 3.63) is 17.4 Å². The lowest BCUT2D eigenvalue weighted by Crippen LogP contribution is -2.50. The Labute approximate surface area is 180 Å². The highest BCUT2D eigenvalue weighted by atomic mass is 35.5. The Hall–Kier alpha value is -2.36. The minimum absolute atomic E-state index is 0.0989. The first-order chi connectivity index (χ1) is 14.2. The molecule has 164 valence electrons. The fourth-order valence-electron chi connectivity index (χ4n) is 3.50. The van der Waals surface area contributed by atoms with Gasteiger partial charge < -0.3 is 25.1 Å². The number of carbonyl (C=O) groups excluding carboxylic acids is 2. The van der Waals surface area contributed by atoms with Crippen molar-refractivity contribution in [1.29, 1.82) is 0 Å². The monoisotopic (exact) mass is 437 g/mol. The molecule has 1 atom stereocenters. The largest absolute Gasteiger partial charge is 0.443 e. The minimum atomic E-state index is -0.677. The van der Waals surface area contributed by atoms with Crippen LogP contribution in [0.4, 0.5) is 16.2 Å². The average molecular weight is 438 g/mol. The average Bonchev–Trinajstić information content (AvgIpc) is 3.06. The molecule has 30 heavy (non-hydrogen) atoms. The molecule has 0 aliphatic carbocycles. The van der Waals surface area contributed by atoms with Gasteiger partial charge in [0.2, 0.25) is 5.91 Å². The van der Waals surface area contributed by atoms with Crippen LogP contribution >= 0.6 is 11.6 Å². The predicted molar refractivity (Wildman–Crippen MR) is 116 cm³/mol. The summed E-state index contributed by atoms with van der Waals surface area (Å²) in [7, 11) is 1.44. The Bertz CT molecular complexity index is 918. The first-order valence-corrected chi connectivity index (χ1v) is 10.3. The molecule has 0 spiro atoms. The van der Waals surface area contributed by atoms with E-state index in [2.05, 4.69) is 20.6 Å². The van der Waals surface area contributed by atoms with Crippen molar-refractivity contribution in [3.63, 3.8) is 0 Å². The topological polar surface area (TPSA) is 109 Å². The number of halogens is 1. The zero-order valence-corrected chi connectivity index (χ0v) is 18.4. The molecule has 2 amide bonds. The molecule has 2 aromatic rings. The second-order valence-corrected chi connectivity index (χ2v) is 8.62. The van der Waals surface area contributed by atoms with Crippen LogP contribution in [0.5, 0.6) is 0 Å². The number of anilines is 2. The Morgan fingerprint density at radius 1 is 1.40 bits per heavy atom. The molecule has 1 saturated heterocycles. The number of nitrogens with zero attached hydrogens (tertiary/aromatic N) is 2. The molecule has 3 rings (SSSR count). The Morgan fingerprint density at radius 3 is 2.80 bits per heavy atom. The highest BCUT2D eigenvalue weighted by Crippen LogP contribution is 2.40. The summed E-state index contributed by atoms with van der Waals surface area (Å²) in [5, 5.41) is 6.95. The van der Waals surface area contributed by atoms with E-state index in [-0.39, 0.29) is 18.6 Å². The molecule has 1 aliphatic heterocycles. The van der Waals surface area contributed by atoms with E-state index >= 15 is 0 Å². The van der Waals surface area contributed by atoms with Gasteiger partial charge in [0.15, 0.2) is 0 Å². The predicted octanol–water partition coefficient (Wildman–Crippen LogP) is 3.29. The summed E-state index contributed by atoms with van der Waals surface area (Å²) in [6.45, 7) is 6.85. The van der Waals surface area contributed by atoms with Gasteiger partial charge in [0.25, 0.3) is 0 Å². The molecular weight excluding hydrogens is 410 g/mol. The number of hydrogen-bond donors (Lipinski definition) is 3. The van der Waals surface area contributed by atoms with Crippen molar-refractivity contribution in [3.8, 4) is 0 Å². The highest BCUT2D eigenvalue weighted by Gasteiger charge is 2.34. The fraction of sp³-hybridized carbons (Fsp3) is 0.550. The summed E-state index contributed by atoms with van der Waals surface area (Å²) in [6, 6.07) is -0.158. The third-order valence-electron chi connectivity index (χ3n) is 4.65. The van der Waals surface area contributed by atoms with Crippen LogP contribution in [0.1, 0.15) is 33.6 Å². The molecule has 3 N–H and O–H groups in total. The van der Waals surface area contributed by atoms with Crippen LogP contribution < -0.4 is 15.5 Å². The second kappa shape index (κ2) is 9.20.